The summed E-state index contributed by atoms with van der Waals surface area (Å²) in [5, 5.41) is 0. The molecule has 3 aliphatic rings. The molecular weight excluding hydrogens is 334 g/mol. The third-order valence-corrected chi connectivity index (χ3v) is 7.15. The van der Waals surface area contributed by atoms with Crippen molar-refractivity contribution in [1.29, 1.82) is 0 Å². The van der Waals surface area contributed by atoms with E-state index >= 15 is 0 Å². The van der Waals surface area contributed by atoms with Gasteiger partial charge in [0, 0.05) is 32.4 Å². The van der Waals surface area contributed by atoms with E-state index in [0.717, 1.165) is 38.3 Å². The van der Waals surface area contributed by atoms with E-state index in [1.54, 1.807) is 6.20 Å². The number of nitrogens with zero attached hydrogens (tertiary/aromatic N) is 3. The van der Waals surface area contributed by atoms with Gasteiger partial charge >= 0.3 is 0 Å². The predicted octanol–water partition coefficient (Wildman–Crippen LogP) is 3.63. The van der Waals surface area contributed by atoms with Crippen LogP contribution in [0.3, 0.4) is 0 Å². The summed E-state index contributed by atoms with van der Waals surface area (Å²) in [4.78, 5) is 22.5. The third-order valence-electron chi connectivity index (χ3n) is 7.15. The van der Waals surface area contributed by atoms with Gasteiger partial charge in [-0.3, -0.25) is 9.78 Å². The molecule has 2 aliphatic carbocycles. The van der Waals surface area contributed by atoms with Gasteiger partial charge in [0.15, 0.2) is 0 Å². The van der Waals surface area contributed by atoms with Gasteiger partial charge in [0.05, 0.1) is 17.3 Å². The van der Waals surface area contributed by atoms with E-state index in [9.17, 15) is 4.79 Å². The van der Waals surface area contributed by atoms with E-state index < -0.39 is 0 Å². The molecule has 1 aromatic carbocycles. The Bertz CT molecular complexity index is 808. The molecule has 5 rings (SSSR count). The highest BCUT2D eigenvalue weighted by molar-refractivity contribution is 5.93. The van der Waals surface area contributed by atoms with Crippen LogP contribution in [-0.2, 0) is 10.2 Å². The van der Waals surface area contributed by atoms with Crippen LogP contribution in [0, 0.1) is 5.41 Å². The molecule has 1 amide bonds. The first kappa shape index (κ1) is 16.8. The van der Waals surface area contributed by atoms with Gasteiger partial charge in [-0.2, -0.15) is 0 Å². The molecule has 2 saturated carbocycles. The third kappa shape index (κ3) is 2.57. The lowest BCUT2D eigenvalue weighted by Crippen LogP contribution is -2.52. The number of carbonyl (C=O) groups excluding carboxylic acids is 1. The van der Waals surface area contributed by atoms with Gasteiger partial charge in [-0.15, -0.1) is 0 Å². The molecule has 1 aromatic heterocycles. The van der Waals surface area contributed by atoms with Gasteiger partial charge in [-0.05, 0) is 42.4 Å². The maximum atomic E-state index is 13.8. The van der Waals surface area contributed by atoms with Gasteiger partial charge in [-0.25, -0.2) is 0 Å². The van der Waals surface area contributed by atoms with Gasteiger partial charge in [0.25, 0.3) is 0 Å². The Morgan fingerprint density at radius 2 is 1.67 bits per heavy atom. The monoisotopic (exact) mass is 361 g/mol. The number of anilines is 1. The lowest BCUT2D eigenvalue weighted by atomic mass is 9.83. The van der Waals surface area contributed by atoms with E-state index in [-0.39, 0.29) is 10.8 Å². The summed E-state index contributed by atoms with van der Waals surface area (Å²) in [6.45, 7) is 3.38. The van der Waals surface area contributed by atoms with Crippen LogP contribution in [0.25, 0.3) is 0 Å². The number of hydrogen-bond acceptors (Lipinski definition) is 3. The first-order valence-corrected chi connectivity index (χ1v) is 10.3. The average Bonchev–Trinajstić information content (AvgIpc) is 3.15. The molecular formula is C23H27N3O. The van der Waals surface area contributed by atoms with Gasteiger partial charge in [0.1, 0.15) is 0 Å². The van der Waals surface area contributed by atoms with Crippen molar-refractivity contribution in [3.8, 4) is 0 Å². The van der Waals surface area contributed by atoms with Crippen LogP contribution < -0.4 is 4.90 Å². The highest BCUT2D eigenvalue weighted by atomic mass is 16.2. The smallest absolute Gasteiger partial charge is 0.233 e. The Kier molecular flexibility index (Phi) is 3.96. The average molecular weight is 361 g/mol. The van der Waals surface area contributed by atoms with E-state index in [1.807, 2.05) is 12.3 Å². The summed E-state index contributed by atoms with van der Waals surface area (Å²) in [5.41, 5.74) is 2.36. The molecule has 1 unspecified atom stereocenters. The maximum absolute atomic E-state index is 13.8. The SMILES string of the molecule is O=C(N1CCN(c2cccnc2)CC1)C1(c2ccccc2)CC12CCCC2. The van der Waals surface area contributed by atoms with Crippen molar-refractivity contribution in [3.05, 3.63) is 60.4 Å². The van der Waals surface area contributed by atoms with Gasteiger partial charge < -0.3 is 9.80 Å². The fourth-order valence-electron chi connectivity index (χ4n) is 5.65. The standard InChI is InChI=1S/C23H27N3O/c27-21(26-15-13-25(14-16-26)20-9-6-12-24-17-20)23(19-7-2-1-3-8-19)18-22(23)10-4-5-11-22/h1-3,6-9,12,17H,4-5,10-11,13-16,18H2. The summed E-state index contributed by atoms with van der Waals surface area (Å²) in [5.74, 6) is 0.376. The Labute approximate surface area is 161 Å². The van der Waals surface area contributed by atoms with Gasteiger partial charge in [0.2, 0.25) is 5.91 Å². The van der Waals surface area contributed by atoms with E-state index in [4.69, 9.17) is 0 Å². The van der Waals surface area contributed by atoms with Crippen molar-refractivity contribution >= 4 is 11.6 Å². The Morgan fingerprint density at radius 3 is 2.33 bits per heavy atom. The number of benzene rings is 1. The molecule has 1 atom stereocenters. The van der Waals surface area contributed by atoms with E-state index in [0.29, 0.717) is 5.91 Å². The second-order valence-corrected chi connectivity index (χ2v) is 8.43. The van der Waals surface area contributed by atoms with Crippen molar-refractivity contribution in [2.24, 2.45) is 5.41 Å². The van der Waals surface area contributed by atoms with Crippen molar-refractivity contribution in [2.45, 2.75) is 37.5 Å². The topological polar surface area (TPSA) is 36.4 Å². The molecule has 0 N–H and O–H groups in total. The Morgan fingerprint density at radius 1 is 0.926 bits per heavy atom. The maximum Gasteiger partial charge on any atom is 0.233 e. The number of piperazine rings is 1. The van der Waals surface area contributed by atoms with Crippen LogP contribution in [0.4, 0.5) is 5.69 Å². The predicted molar refractivity (Wildman–Crippen MR) is 107 cm³/mol. The van der Waals surface area contributed by atoms with Crippen molar-refractivity contribution < 1.29 is 4.79 Å². The van der Waals surface area contributed by atoms with Crippen LogP contribution in [0.2, 0.25) is 0 Å². The fraction of sp³-hybridized carbons (Fsp3) is 0.478. The summed E-state index contributed by atoms with van der Waals surface area (Å²) in [6.07, 6.45) is 9.74. The molecule has 4 heteroatoms. The molecule has 4 nitrogen and oxygen atoms in total. The molecule has 0 radical (unpaired) electrons. The van der Waals surface area contributed by atoms with Crippen molar-refractivity contribution in [3.63, 3.8) is 0 Å². The lowest BCUT2D eigenvalue weighted by molar-refractivity contribution is -0.135. The second kappa shape index (κ2) is 6.36. The minimum atomic E-state index is -0.263. The first-order chi connectivity index (χ1) is 13.3. The minimum Gasteiger partial charge on any atom is -0.367 e. The molecule has 27 heavy (non-hydrogen) atoms. The van der Waals surface area contributed by atoms with E-state index in [1.165, 1.54) is 31.2 Å². The van der Waals surface area contributed by atoms with Crippen LogP contribution in [0.15, 0.2) is 54.9 Å². The normalized spacial score (nSPS) is 26.4. The Balaban J connectivity index is 1.36. The number of hydrogen-bond donors (Lipinski definition) is 0. The minimum absolute atomic E-state index is 0.228. The van der Waals surface area contributed by atoms with Crippen molar-refractivity contribution in [2.75, 3.05) is 31.1 Å². The second-order valence-electron chi connectivity index (χ2n) is 8.43. The lowest BCUT2D eigenvalue weighted by Gasteiger charge is -2.38. The first-order valence-electron chi connectivity index (χ1n) is 10.3. The Hall–Kier alpha value is -2.36. The fourth-order valence-corrected chi connectivity index (χ4v) is 5.65. The number of amides is 1. The van der Waals surface area contributed by atoms with E-state index in [2.05, 4.69) is 51.2 Å². The number of carbonyl (C=O) groups is 1. The highest BCUT2D eigenvalue weighted by Crippen LogP contribution is 2.72. The quantitative estimate of drug-likeness (QED) is 0.838. The molecule has 140 valence electrons. The molecule has 1 aliphatic heterocycles. The molecule has 3 fully saturated rings. The number of pyridine rings is 1. The molecule has 1 saturated heterocycles. The molecule has 2 aromatic rings. The molecule has 1 spiro atoms. The van der Waals surface area contributed by atoms with Crippen LogP contribution in [0.5, 0.6) is 0 Å². The largest absolute Gasteiger partial charge is 0.367 e. The zero-order valence-electron chi connectivity index (χ0n) is 15.8. The molecule has 0 bridgehead atoms. The van der Waals surface area contributed by atoms with Crippen LogP contribution >= 0.6 is 0 Å². The van der Waals surface area contributed by atoms with Crippen molar-refractivity contribution in [1.82, 2.24) is 9.88 Å². The summed E-state index contributed by atoms with van der Waals surface area (Å²) in [6, 6.07) is 14.7. The van der Waals surface area contributed by atoms with Crippen LogP contribution in [0.1, 0.15) is 37.7 Å². The number of rotatable bonds is 3. The molecule has 2 heterocycles. The van der Waals surface area contributed by atoms with Gasteiger partial charge in [-0.1, -0.05) is 43.2 Å². The zero-order valence-corrected chi connectivity index (χ0v) is 15.8. The number of aromatic nitrogens is 1. The summed E-state index contributed by atoms with van der Waals surface area (Å²) >= 11 is 0. The summed E-state index contributed by atoms with van der Waals surface area (Å²) < 4.78 is 0. The summed E-state index contributed by atoms with van der Waals surface area (Å²) in [7, 11) is 0. The zero-order chi connectivity index (χ0) is 18.3. The van der Waals surface area contributed by atoms with Crippen LogP contribution in [-0.4, -0.2) is 42.0 Å². The highest BCUT2D eigenvalue weighted by Gasteiger charge is 2.73.